The van der Waals surface area contributed by atoms with Gasteiger partial charge in [0, 0.05) is 12.6 Å². The van der Waals surface area contributed by atoms with E-state index in [1.54, 1.807) is 0 Å². The molecule has 0 aliphatic rings. The van der Waals surface area contributed by atoms with Gasteiger partial charge >= 0.3 is 0 Å². The third-order valence-corrected chi connectivity index (χ3v) is 3.60. The zero-order valence-corrected chi connectivity index (χ0v) is 13.3. The van der Waals surface area contributed by atoms with Crippen LogP contribution in [0.5, 0.6) is 5.75 Å². The van der Waals surface area contributed by atoms with Crippen molar-refractivity contribution in [3.05, 3.63) is 29.8 Å². The van der Waals surface area contributed by atoms with Gasteiger partial charge in [0.1, 0.15) is 5.75 Å². The van der Waals surface area contributed by atoms with Gasteiger partial charge in [-0.3, -0.25) is 0 Å². The molecule has 1 aromatic carbocycles. The summed E-state index contributed by atoms with van der Waals surface area (Å²) in [5.74, 6) is 0.944. The van der Waals surface area contributed by atoms with Crippen LogP contribution in [-0.2, 0) is 0 Å². The van der Waals surface area contributed by atoms with E-state index in [0.717, 1.165) is 12.3 Å². The van der Waals surface area contributed by atoms with Crippen molar-refractivity contribution in [1.29, 1.82) is 0 Å². The summed E-state index contributed by atoms with van der Waals surface area (Å²) in [5, 5.41) is 3.61. The molecular formula is C17H29NO. The molecule has 0 bridgehead atoms. The summed E-state index contributed by atoms with van der Waals surface area (Å²) in [4.78, 5) is 0. The van der Waals surface area contributed by atoms with Gasteiger partial charge in [-0.15, -0.1) is 0 Å². The van der Waals surface area contributed by atoms with Gasteiger partial charge in [-0.05, 0) is 50.3 Å². The topological polar surface area (TPSA) is 21.3 Å². The molecule has 0 saturated heterocycles. The first-order chi connectivity index (χ1) is 8.84. The maximum atomic E-state index is 5.66. The van der Waals surface area contributed by atoms with E-state index in [1.807, 2.05) is 13.8 Å². The normalized spacial score (nSPS) is 13.6. The van der Waals surface area contributed by atoms with Crippen LogP contribution in [0.3, 0.4) is 0 Å². The zero-order chi connectivity index (χ0) is 14.5. The molecule has 1 aromatic rings. The molecule has 0 amide bonds. The Morgan fingerprint density at radius 3 is 2.16 bits per heavy atom. The minimum atomic E-state index is 0.228. The minimum Gasteiger partial charge on any atom is -0.491 e. The van der Waals surface area contributed by atoms with Gasteiger partial charge < -0.3 is 10.1 Å². The maximum absolute atomic E-state index is 5.66. The number of benzene rings is 1. The summed E-state index contributed by atoms with van der Waals surface area (Å²) < 4.78 is 5.66. The van der Waals surface area contributed by atoms with Crippen LogP contribution in [0, 0.1) is 5.41 Å². The quantitative estimate of drug-likeness (QED) is 0.778. The Morgan fingerprint density at radius 1 is 1.11 bits per heavy atom. The van der Waals surface area contributed by atoms with Crippen molar-refractivity contribution in [3.63, 3.8) is 0 Å². The van der Waals surface area contributed by atoms with E-state index in [9.17, 15) is 0 Å². The molecule has 108 valence electrons. The summed E-state index contributed by atoms with van der Waals surface area (Å²) >= 11 is 0. The van der Waals surface area contributed by atoms with E-state index >= 15 is 0 Å². The molecule has 1 rings (SSSR count). The van der Waals surface area contributed by atoms with E-state index in [-0.39, 0.29) is 6.10 Å². The fourth-order valence-corrected chi connectivity index (χ4v) is 1.78. The largest absolute Gasteiger partial charge is 0.491 e. The van der Waals surface area contributed by atoms with E-state index in [4.69, 9.17) is 4.74 Å². The van der Waals surface area contributed by atoms with Crippen molar-refractivity contribution in [2.75, 3.05) is 6.54 Å². The lowest BCUT2D eigenvalue weighted by Gasteiger charge is -2.26. The molecule has 0 aliphatic heterocycles. The Hall–Kier alpha value is -1.02. The van der Waals surface area contributed by atoms with Gasteiger partial charge in [-0.2, -0.15) is 0 Å². The summed E-state index contributed by atoms with van der Waals surface area (Å²) in [5.41, 5.74) is 1.66. The molecule has 1 atom stereocenters. The molecule has 2 nitrogen and oxygen atoms in total. The summed E-state index contributed by atoms with van der Waals surface area (Å²) in [6.45, 7) is 14.2. The first-order valence-corrected chi connectivity index (χ1v) is 7.34. The molecule has 0 heterocycles. The van der Waals surface area contributed by atoms with Crippen LogP contribution < -0.4 is 10.1 Å². The highest BCUT2D eigenvalue weighted by Gasteiger charge is 2.16. The summed E-state index contributed by atoms with van der Waals surface area (Å²) in [6.07, 6.45) is 1.42. The highest BCUT2D eigenvalue weighted by Crippen LogP contribution is 2.22. The first kappa shape index (κ1) is 16.0. The minimum absolute atomic E-state index is 0.228. The zero-order valence-electron chi connectivity index (χ0n) is 13.3. The molecule has 0 fully saturated rings. The Bertz CT molecular complexity index is 367. The second-order valence-corrected chi connectivity index (χ2v) is 6.36. The van der Waals surface area contributed by atoms with Crippen molar-refractivity contribution < 1.29 is 4.74 Å². The van der Waals surface area contributed by atoms with Gasteiger partial charge in [-0.25, -0.2) is 0 Å². The van der Waals surface area contributed by atoms with Crippen LogP contribution in [0.25, 0.3) is 0 Å². The SMILES string of the molecule is CCC(C)(C)CNC(C)c1ccc(OC(C)C)cc1. The van der Waals surface area contributed by atoms with Crippen LogP contribution in [0.4, 0.5) is 0 Å². The van der Waals surface area contributed by atoms with Gasteiger partial charge in [-0.1, -0.05) is 32.9 Å². The first-order valence-electron chi connectivity index (χ1n) is 7.34. The Labute approximate surface area is 118 Å². The molecule has 0 aromatic heterocycles. The Morgan fingerprint density at radius 2 is 1.68 bits per heavy atom. The van der Waals surface area contributed by atoms with Crippen molar-refractivity contribution in [2.45, 2.75) is 60.1 Å². The number of hydrogen-bond acceptors (Lipinski definition) is 2. The van der Waals surface area contributed by atoms with Gasteiger partial charge in [0.15, 0.2) is 0 Å². The summed E-state index contributed by atoms with van der Waals surface area (Å²) in [6, 6.07) is 8.78. The fraction of sp³-hybridized carbons (Fsp3) is 0.647. The average molecular weight is 263 g/mol. The molecule has 2 heteroatoms. The number of rotatable bonds is 7. The monoisotopic (exact) mass is 263 g/mol. The Balaban J connectivity index is 2.55. The molecule has 19 heavy (non-hydrogen) atoms. The average Bonchev–Trinajstić information content (AvgIpc) is 2.36. The van der Waals surface area contributed by atoms with Crippen LogP contribution in [0.15, 0.2) is 24.3 Å². The third kappa shape index (κ3) is 5.65. The van der Waals surface area contributed by atoms with Gasteiger partial charge in [0.05, 0.1) is 6.10 Å². The number of ether oxygens (including phenoxy) is 1. The standard InChI is InChI=1S/C17H29NO/c1-7-17(5,6)12-18-14(4)15-8-10-16(11-9-15)19-13(2)3/h8-11,13-14,18H,7,12H2,1-6H3. The Kier molecular flexibility index (Phi) is 5.86. The number of nitrogens with one attached hydrogen (secondary N) is 1. The molecule has 0 radical (unpaired) electrons. The highest BCUT2D eigenvalue weighted by atomic mass is 16.5. The van der Waals surface area contributed by atoms with E-state index in [2.05, 4.69) is 57.3 Å². The predicted octanol–water partition coefficient (Wildman–Crippen LogP) is 4.56. The molecule has 1 unspecified atom stereocenters. The van der Waals surface area contributed by atoms with E-state index in [0.29, 0.717) is 11.5 Å². The van der Waals surface area contributed by atoms with Crippen LogP contribution in [0.1, 0.15) is 59.6 Å². The fourth-order valence-electron chi connectivity index (χ4n) is 1.78. The lowest BCUT2D eigenvalue weighted by atomic mass is 9.90. The smallest absolute Gasteiger partial charge is 0.119 e. The second kappa shape index (κ2) is 6.95. The van der Waals surface area contributed by atoms with Crippen LogP contribution >= 0.6 is 0 Å². The predicted molar refractivity (Wildman–Crippen MR) is 82.7 cm³/mol. The molecule has 0 saturated carbocycles. The second-order valence-electron chi connectivity index (χ2n) is 6.36. The van der Waals surface area contributed by atoms with E-state index in [1.165, 1.54) is 12.0 Å². The third-order valence-electron chi connectivity index (χ3n) is 3.60. The summed E-state index contributed by atoms with van der Waals surface area (Å²) in [7, 11) is 0. The molecule has 0 aliphatic carbocycles. The highest BCUT2D eigenvalue weighted by molar-refractivity contribution is 5.29. The lowest BCUT2D eigenvalue weighted by molar-refractivity contribution is 0.242. The van der Waals surface area contributed by atoms with Gasteiger partial charge in [0.25, 0.3) is 0 Å². The van der Waals surface area contributed by atoms with Crippen molar-refractivity contribution in [1.82, 2.24) is 5.32 Å². The molecular weight excluding hydrogens is 234 g/mol. The van der Waals surface area contributed by atoms with Crippen molar-refractivity contribution >= 4 is 0 Å². The van der Waals surface area contributed by atoms with Crippen LogP contribution in [-0.4, -0.2) is 12.6 Å². The number of hydrogen-bond donors (Lipinski definition) is 1. The van der Waals surface area contributed by atoms with Crippen molar-refractivity contribution in [2.24, 2.45) is 5.41 Å². The van der Waals surface area contributed by atoms with Crippen molar-refractivity contribution in [3.8, 4) is 5.75 Å². The maximum Gasteiger partial charge on any atom is 0.119 e. The lowest BCUT2D eigenvalue weighted by Crippen LogP contribution is -2.30. The molecule has 1 N–H and O–H groups in total. The molecule has 0 spiro atoms. The van der Waals surface area contributed by atoms with Crippen LogP contribution in [0.2, 0.25) is 0 Å². The van der Waals surface area contributed by atoms with E-state index < -0.39 is 0 Å². The van der Waals surface area contributed by atoms with Gasteiger partial charge in [0.2, 0.25) is 0 Å².